The summed E-state index contributed by atoms with van der Waals surface area (Å²) in [5.41, 5.74) is 3.56. The van der Waals surface area contributed by atoms with Crippen LogP contribution in [0.3, 0.4) is 0 Å². The Bertz CT molecular complexity index is 560. The molecule has 3 N–H and O–H groups in total. The van der Waals surface area contributed by atoms with Crippen molar-refractivity contribution in [2.24, 2.45) is 5.84 Å². The molecule has 0 radical (unpaired) electrons. The molecule has 2 aromatic carbocycles. The highest BCUT2D eigenvalue weighted by Crippen LogP contribution is 2.25. The molecule has 0 aliphatic rings. The average molecular weight is 283 g/mol. The third kappa shape index (κ3) is 3.90. The first kappa shape index (κ1) is 14.7. The quantitative estimate of drug-likeness (QED) is 0.501. The summed E-state index contributed by atoms with van der Waals surface area (Å²) in [5, 5.41) is 0. The third-order valence-electron chi connectivity index (χ3n) is 3.01. The predicted molar refractivity (Wildman–Crippen MR) is 81.6 cm³/mol. The van der Waals surface area contributed by atoms with E-state index in [9.17, 15) is 9.59 Å². The first-order valence-electron chi connectivity index (χ1n) is 6.65. The molecule has 0 unspecified atom stereocenters. The number of hydrazine groups is 1. The van der Waals surface area contributed by atoms with Gasteiger partial charge in [-0.2, -0.15) is 0 Å². The van der Waals surface area contributed by atoms with Gasteiger partial charge in [0.2, 0.25) is 11.8 Å². The number of nitrogens with one attached hydrogen (secondary N) is 1. The number of nitrogens with zero attached hydrogens (tertiary/aromatic N) is 1. The molecule has 0 aliphatic heterocycles. The first-order valence-corrected chi connectivity index (χ1v) is 6.65. The molecule has 0 aliphatic carbocycles. The molecule has 0 saturated carbocycles. The molecule has 21 heavy (non-hydrogen) atoms. The predicted octanol–water partition coefficient (Wildman–Crippen LogP) is 2.12. The molecule has 0 atom stereocenters. The standard InChI is InChI=1S/C16H17N3O2/c17-18-15(20)11-12-16(21)19(13-7-3-1-4-8-13)14-9-5-2-6-10-14/h1-10H,11-12,17H2,(H,18,20). The molecule has 0 bridgehead atoms. The fourth-order valence-corrected chi connectivity index (χ4v) is 2.00. The largest absolute Gasteiger partial charge is 0.294 e. The van der Waals surface area contributed by atoms with E-state index in [0.717, 1.165) is 11.4 Å². The van der Waals surface area contributed by atoms with E-state index in [4.69, 9.17) is 5.84 Å². The van der Waals surface area contributed by atoms with Crippen LogP contribution >= 0.6 is 0 Å². The van der Waals surface area contributed by atoms with E-state index in [1.54, 1.807) is 4.90 Å². The van der Waals surface area contributed by atoms with Crippen molar-refractivity contribution in [1.82, 2.24) is 5.43 Å². The number of hydrogen-bond acceptors (Lipinski definition) is 3. The van der Waals surface area contributed by atoms with Crippen molar-refractivity contribution in [2.45, 2.75) is 12.8 Å². The van der Waals surface area contributed by atoms with Crippen molar-refractivity contribution in [3.63, 3.8) is 0 Å². The van der Waals surface area contributed by atoms with Gasteiger partial charge >= 0.3 is 0 Å². The van der Waals surface area contributed by atoms with Gasteiger partial charge < -0.3 is 0 Å². The van der Waals surface area contributed by atoms with Gasteiger partial charge in [0.1, 0.15) is 0 Å². The molecule has 0 spiro atoms. The van der Waals surface area contributed by atoms with Crippen LogP contribution in [0.15, 0.2) is 60.7 Å². The van der Waals surface area contributed by atoms with Crippen LogP contribution in [-0.4, -0.2) is 11.8 Å². The minimum atomic E-state index is -0.357. The molecule has 0 aromatic heterocycles. The lowest BCUT2D eigenvalue weighted by Crippen LogP contribution is -2.32. The van der Waals surface area contributed by atoms with Crippen molar-refractivity contribution in [1.29, 1.82) is 0 Å². The molecule has 2 amide bonds. The Kier molecular flexibility index (Phi) is 5.06. The van der Waals surface area contributed by atoms with Crippen molar-refractivity contribution >= 4 is 23.2 Å². The Labute approximate surface area is 123 Å². The summed E-state index contributed by atoms with van der Waals surface area (Å²) in [6, 6.07) is 18.7. The number of nitrogens with two attached hydrogens (primary N) is 1. The van der Waals surface area contributed by atoms with Crippen LogP contribution in [0.1, 0.15) is 12.8 Å². The zero-order valence-corrected chi connectivity index (χ0v) is 11.5. The Balaban J connectivity index is 2.25. The molecule has 5 nitrogen and oxygen atoms in total. The van der Waals surface area contributed by atoms with E-state index in [2.05, 4.69) is 0 Å². The van der Waals surface area contributed by atoms with Gasteiger partial charge in [-0.1, -0.05) is 36.4 Å². The summed E-state index contributed by atoms with van der Waals surface area (Å²) < 4.78 is 0. The molecule has 2 rings (SSSR count). The van der Waals surface area contributed by atoms with Crippen LogP contribution < -0.4 is 16.2 Å². The smallest absolute Gasteiger partial charge is 0.234 e. The number of amides is 2. The Morgan fingerprint density at radius 3 is 1.76 bits per heavy atom. The average Bonchev–Trinajstić information content (AvgIpc) is 2.55. The number of hydrogen-bond donors (Lipinski definition) is 2. The first-order chi connectivity index (χ1) is 10.2. The van der Waals surface area contributed by atoms with Crippen LogP contribution in [0.2, 0.25) is 0 Å². The van der Waals surface area contributed by atoms with Gasteiger partial charge in [0.15, 0.2) is 0 Å². The lowest BCUT2D eigenvalue weighted by Gasteiger charge is -2.23. The van der Waals surface area contributed by atoms with Gasteiger partial charge in [-0.05, 0) is 24.3 Å². The maximum atomic E-state index is 12.5. The number of para-hydroxylation sites is 2. The number of anilines is 2. The zero-order chi connectivity index (χ0) is 15.1. The molecule has 0 heterocycles. The molecule has 5 heteroatoms. The van der Waals surface area contributed by atoms with E-state index in [-0.39, 0.29) is 24.7 Å². The lowest BCUT2D eigenvalue weighted by molar-refractivity contribution is -0.125. The molecular weight excluding hydrogens is 266 g/mol. The van der Waals surface area contributed by atoms with Crippen LogP contribution in [0.5, 0.6) is 0 Å². The monoisotopic (exact) mass is 283 g/mol. The zero-order valence-electron chi connectivity index (χ0n) is 11.5. The van der Waals surface area contributed by atoms with Gasteiger partial charge in [-0.15, -0.1) is 0 Å². The molecular formula is C16H17N3O2. The molecule has 0 saturated heterocycles. The highest BCUT2D eigenvalue weighted by atomic mass is 16.2. The molecule has 108 valence electrons. The maximum Gasteiger partial charge on any atom is 0.234 e. The number of benzene rings is 2. The van der Waals surface area contributed by atoms with Crippen molar-refractivity contribution in [3.8, 4) is 0 Å². The highest BCUT2D eigenvalue weighted by molar-refractivity contribution is 6.01. The molecule has 2 aromatic rings. The fourth-order valence-electron chi connectivity index (χ4n) is 2.00. The van der Waals surface area contributed by atoms with Crippen LogP contribution in [-0.2, 0) is 9.59 Å². The van der Waals surface area contributed by atoms with Gasteiger partial charge in [0.05, 0.1) is 0 Å². The van der Waals surface area contributed by atoms with Crippen LogP contribution in [0, 0.1) is 0 Å². The van der Waals surface area contributed by atoms with Gasteiger partial charge in [0, 0.05) is 24.2 Å². The van der Waals surface area contributed by atoms with E-state index in [1.807, 2.05) is 66.1 Å². The summed E-state index contributed by atoms with van der Waals surface area (Å²) in [4.78, 5) is 25.3. The normalized spacial score (nSPS) is 9.95. The topological polar surface area (TPSA) is 75.4 Å². The van der Waals surface area contributed by atoms with E-state index in [1.165, 1.54) is 0 Å². The summed E-state index contributed by atoms with van der Waals surface area (Å²) >= 11 is 0. The van der Waals surface area contributed by atoms with Crippen molar-refractivity contribution < 1.29 is 9.59 Å². The van der Waals surface area contributed by atoms with Gasteiger partial charge in [-0.3, -0.25) is 19.9 Å². The Morgan fingerprint density at radius 2 is 1.33 bits per heavy atom. The maximum absolute atomic E-state index is 12.5. The second-order valence-electron chi connectivity index (χ2n) is 4.47. The summed E-state index contributed by atoms with van der Waals surface area (Å²) in [7, 11) is 0. The Morgan fingerprint density at radius 1 is 0.857 bits per heavy atom. The number of carbonyl (C=O) groups is 2. The van der Waals surface area contributed by atoms with E-state index >= 15 is 0 Å². The summed E-state index contributed by atoms with van der Waals surface area (Å²) in [6.07, 6.45) is 0.151. The summed E-state index contributed by atoms with van der Waals surface area (Å²) in [5.74, 6) is 4.52. The number of rotatable bonds is 5. The second kappa shape index (κ2) is 7.21. The second-order valence-corrected chi connectivity index (χ2v) is 4.47. The van der Waals surface area contributed by atoms with Crippen LogP contribution in [0.25, 0.3) is 0 Å². The van der Waals surface area contributed by atoms with E-state index in [0.29, 0.717) is 0 Å². The van der Waals surface area contributed by atoms with E-state index < -0.39 is 0 Å². The van der Waals surface area contributed by atoms with Gasteiger partial charge in [-0.25, -0.2) is 5.84 Å². The third-order valence-corrected chi connectivity index (χ3v) is 3.01. The minimum absolute atomic E-state index is 0.0610. The Hall–Kier alpha value is -2.66. The van der Waals surface area contributed by atoms with Crippen molar-refractivity contribution in [2.75, 3.05) is 4.90 Å². The fraction of sp³-hybridized carbons (Fsp3) is 0.125. The van der Waals surface area contributed by atoms with Crippen LogP contribution in [0.4, 0.5) is 11.4 Å². The minimum Gasteiger partial charge on any atom is -0.294 e. The number of carbonyl (C=O) groups excluding carboxylic acids is 2. The molecule has 0 fully saturated rings. The van der Waals surface area contributed by atoms with Crippen molar-refractivity contribution in [3.05, 3.63) is 60.7 Å². The lowest BCUT2D eigenvalue weighted by atomic mass is 10.2. The summed E-state index contributed by atoms with van der Waals surface area (Å²) in [6.45, 7) is 0. The highest BCUT2D eigenvalue weighted by Gasteiger charge is 2.18. The SMILES string of the molecule is NNC(=O)CCC(=O)N(c1ccccc1)c1ccccc1. The van der Waals surface area contributed by atoms with Gasteiger partial charge in [0.25, 0.3) is 0 Å².